The first-order chi connectivity index (χ1) is 11.9. The minimum atomic E-state index is -0.611. The lowest BCUT2D eigenvalue weighted by molar-refractivity contribution is -0.117. The Kier molecular flexibility index (Phi) is 4.40. The van der Waals surface area contributed by atoms with Gasteiger partial charge in [0.1, 0.15) is 0 Å². The number of hydrogen-bond acceptors (Lipinski definition) is 3. The van der Waals surface area contributed by atoms with Crippen molar-refractivity contribution >= 4 is 22.5 Å². The lowest BCUT2D eigenvalue weighted by Gasteiger charge is -2.14. The lowest BCUT2D eigenvalue weighted by atomic mass is 10.0. The molecule has 0 radical (unpaired) electrons. The monoisotopic (exact) mass is 335 g/mol. The van der Waals surface area contributed by atoms with Gasteiger partial charge in [-0.2, -0.15) is 5.10 Å². The van der Waals surface area contributed by atoms with E-state index >= 15 is 0 Å². The van der Waals surface area contributed by atoms with Crippen LogP contribution in [0.3, 0.4) is 0 Å². The maximum absolute atomic E-state index is 12.5. The van der Waals surface area contributed by atoms with Crippen molar-refractivity contribution in [2.45, 2.75) is 26.8 Å². The summed E-state index contributed by atoms with van der Waals surface area (Å²) in [6.07, 6.45) is 0. The van der Waals surface area contributed by atoms with Crippen molar-refractivity contribution in [3.8, 4) is 0 Å². The topological polar surface area (TPSA) is 64.0 Å². The highest BCUT2D eigenvalue weighted by Gasteiger charge is 2.25. The molecule has 5 nitrogen and oxygen atoms in total. The van der Waals surface area contributed by atoms with Gasteiger partial charge in [-0.1, -0.05) is 36.4 Å². The third-order valence-corrected chi connectivity index (χ3v) is 4.56. The molecule has 1 aromatic heterocycles. The number of amides is 1. The normalized spacial score (nSPS) is 12.2. The van der Waals surface area contributed by atoms with Crippen LogP contribution in [0.25, 0.3) is 10.8 Å². The second kappa shape index (κ2) is 6.51. The third-order valence-electron chi connectivity index (χ3n) is 4.56. The van der Waals surface area contributed by atoms with Gasteiger partial charge in [-0.3, -0.25) is 14.3 Å². The van der Waals surface area contributed by atoms with Crippen LogP contribution in [0.5, 0.6) is 0 Å². The van der Waals surface area contributed by atoms with Crippen molar-refractivity contribution < 1.29 is 9.59 Å². The van der Waals surface area contributed by atoms with Crippen LogP contribution in [0.1, 0.15) is 40.3 Å². The van der Waals surface area contributed by atoms with Gasteiger partial charge in [0.15, 0.2) is 0 Å². The van der Waals surface area contributed by atoms with E-state index in [1.54, 1.807) is 25.6 Å². The summed E-state index contributed by atoms with van der Waals surface area (Å²) in [7, 11) is 1.76. The molecule has 0 aliphatic rings. The number of hydrogen-bond donors (Lipinski definition) is 1. The molecule has 0 spiro atoms. The molecule has 25 heavy (non-hydrogen) atoms. The number of nitrogens with one attached hydrogen (secondary N) is 1. The first-order valence-corrected chi connectivity index (χ1v) is 8.22. The Hall–Kier alpha value is -2.95. The number of benzene rings is 2. The molecule has 0 aliphatic heterocycles. The van der Waals surface area contributed by atoms with Gasteiger partial charge >= 0.3 is 0 Å². The van der Waals surface area contributed by atoms with Crippen molar-refractivity contribution in [1.82, 2.24) is 15.1 Å². The molecule has 5 heteroatoms. The molecule has 1 amide bonds. The van der Waals surface area contributed by atoms with Crippen molar-refractivity contribution in [3.05, 3.63) is 65.0 Å². The van der Waals surface area contributed by atoms with E-state index in [0.717, 1.165) is 16.3 Å². The van der Waals surface area contributed by atoms with E-state index in [4.69, 9.17) is 0 Å². The van der Waals surface area contributed by atoms with Crippen molar-refractivity contribution in [2.24, 2.45) is 7.05 Å². The molecule has 0 bridgehead atoms. The number of nitrogens with zero attached hydrogens (tertiary/aromatic N) is 2. The van der Waals surface area contributed by atoms with E-state index in [9.17, 15) is 9.59 Å². The fourth-order valence-electron chi connectivity index (χ4n) is 3.04. The molecule has 0 saturated carbocycles. The molecule has 1 atom stereocenters. The van der Waals surface area contributed by atoms with E-state index in [2.05, 4.69) is 10.4 Å². The Morgan fingerprint density at radius 1 is 1.08 bits per heavy atom. The number of carbonyl (C=O) groups is 2. The number of aryl methyl sites for hydroxylation is 2. The zero-order valence-electron chi connectivity index (χ0n) is 14.8. The van der Waals surface area contributed by atoms with Gasteiger partial charge in [0.25, 0.3) is 11.7 Å². The van der Waals surface area contributed by atoms with Gasteiger partial charge in [-0.15, -0.1) is 0 Å². The van der Waals surface area contributed by atoms with Crippen molar-refractivity contribution in [3.63, 3.8) is 0 Å². The maximum Gasteiger partial charge on any atom is 0.293 e. The molecule has 0 fully saturated rings. The van der Waals surface area contributed by atoms with Crippen LogP contribution in [0.4, 0.5) is 0 Å². The number of ketones is 1. The van der Waals surface area contributed by atoms with Gasteiger partial charge in [0.2, 0.25) is 0 Å². The smallest absolute Gasteiger partial charge is 0.293 e. The molecule has 0 aliphatic carbocycles. The molecule has 1 N–H and O–H groups in total. The van der Waals surface area contributed by atoms with Crippen LogP contribution >= 0.6 is 0 Å². The first kappa shape index (κ1) is 16.9. The van der Waals surface area contributed by atoms with E-state index in [1.807, 2.05) is 49.4 Å². The molecule has 3 aromatic rings. The first-order valence-electron chi connectivity index (χ1n) is 8.22. The zero-order valence-corrected chi connectivity index (χ0v) is 14.8. The number of aromatic nitrogens is 2. The van der Waals surface area contributed by atoms with E-state index in [1.165, 1.54) is 0 Å². The lowest BCUT2D eigenvalue weighted by Crippen LogP contribution is -2.33. The van der Waals surface area contributed by atoms with Gasteiger partial charge in [0, 0.05) is 12.7 Å². The van der Waals surface area contributed by atoms with Crippen LogP contribution in [-0.4, -0.2) is 21.5 Å². The molecule has 128 valence electrons. The second-order valence-electron chi connectivity index (χ2n) is 6.30. The van der Waals surface area contributed by atoms with Crippen LogP contribution < -0.4 is 5.32 Å². The summed E-state index contributed by atoms with van der Waals surface area (Å²) in [5, 5.41) is 9.24. The largest absolute Gasteiger partial charge is 0.343 e. The Morgan fingerprint density at radius 3 is 2.40 bits per heavy atom. The molecule has 0 saturated heterocycles. The predicted octanol–water partition coefficient (Wildman–Crippen LogP) is 3.25. The Bertz CT molecular complexity index is 972. The highest BCUT2D eigenvalue weighted by molar-refractivity contribution is 6.43. The fourth-order valence-corrected chi connectivity index (χ4v) is 3.04. The van der Waals surface area contributed by atoms with Crippen LogP contribution in [-0.2, 0) is 11.8 Å². The van der Waals surface area contributed by atoms with Crippen LogP contribution in [0.15, 0.2) is 42.5 Å². The molecule has 3 rings (SSSR count). The summed E-state index contributed by atoms with van der Waals surface area (Å²) in [4.78, 5) is 24.9. The minimum absolute atomic E-state index is 0.265. The van der Waals surface area contributed by atoms with Crippen LogP contribution in [0.2, 0.25) is 0 Å². The third kappa shape index (κ3) is 3.18. The highest BCUT2D eigenvalue weighted by Crippen LogP contribution is 2.20. The van der Waals surface area contributed by atoms with Gasteiger partial charge in [-0.25, -0.2) is 0 Å². The Labute approximate surface area is 146 Å². The summed E-state index contributed by atoms with van der Waals surface area (Å²) in [5.74, 6) is -1.16. The highest BCUT2D eigenvalue weighted by atomic mass is 16.2. The molecular formula is C20H21N3O2. The van der Waals surface area contributed by atoms with E-state index < -0.39 is 11.7 Å². The predicted molar refractivity (Wildman–Crippen MR) is 97.5 cm³/mol. The van der Waals surface area contributed by atoms with Crippen molar-refractivity contribution in [2.75, 3.05) is 0 Å². The van der Waals surface area contributed by atoms with Gasteiger partial charge in [-0.05, 0) is 43.2 Å². The number of carbonyl (C=O) groups excluding carboxylic acids is 2. The Morgan fingerprint density at radius 2 is 1.76 bits per heavy atom. The van der Waals surface area contributed by atoms with Crippen molar-refractivity contribution in [1.29, 1.82) is 0 Å². The zero-order chi connectivity index (χ0) is 18.1. The quantitative estimate of drug-likeness (QED) is 0.588. The summed E-state index contributed by atoms with van der Waals surface area (Å²) in [5.41, 5.74) is 2.60. The Balaban J connectivity index is 1.80. The molecule has 2 aromatic carbocycles. The van der Waals surface area contributed by atoms with E-state index in [-0.39, 0.29) is 6.04 Å². The average molecular weight is 335 g/mol. The second-order valence-corrected chi connectivity index (χ2v) is 6.30. The standard InChI is InChI=1S/C20H21N3O2/c1-12(16-10-9-15-7-5-6-8-17(15)11-16)21-20(25)19(24)18-13(2)22-23(4)14(18)3/h5-12H,1-4H3,(H,21,25). The molecule has 1 unspecified atom stereocenters. The minimum Gasteiger partial charge on any atom is -0.343 e. The summed E-state index contributed by atoms with van der Waals surface area (Å²) < 4.78 is 1.61. The molecule has 1 heterocycles. The fraction of sp³-hybridized carbons (Fsp3) is 0.250. The SMILES string of the molecule is Cc1nn(C)c(C)c1C(=O)C(=O)NC(C)c1ccc2ccccc2c1. The summed E-state index contributed by atoms with van der Waals surface area (Å²) >= 11 is 0. The number of rotatable bonds is 4. The van der Waals surface area contributed by atoms with Crippen LogP contribution in [0, 0.1) is 13.8 Å². The number of fused-ring (bicyclic) bond motifs is 1. The number of Topliss-reactive ketones (excluding diaryl/α,β-unsaturated/α-hetero) is 1. The summed E-state index contributed by atoms with van der Waals surface area (Å²) in [6.45, 7) is 5.39. The maximum atomic E-state index is 12.5. The average Bonchev–Trinajstić information content (AvgIpc) is 2.85. The van der Waals surface area contributed by atoms with Gasteiger partial charge in [0.05, 0.1) is 17.3 Å². The van der Waals surface area contributed by atoms with Gasteiger partial charge < -0.3 is 5.32 Å². The summed E-state index contributed by atoms with van der Waals surface area (Å²) in [6, 6.07) is 13.8. The van der Waals surface area contributed by atoms with E-state index in [0.29, 0.717) is 17.0 Å². The molecular weight excluding hydrogens is 314 g/mol.